The Morgan fingerprint density at radius 1 is 1.00 bits per heavy atom. The maximum absolute atomic E-state index is 12.1. The van der Waals surface area contributed by atoms with Gasteiger partial charge in [-0.1, -0.05) is 32.1 Å². The number of carbonyl (C=O) groups excluding carboxylic acids is 1. The quantitative estimate of drug-likeness (QED) is 0.721. The summed E-state index contributed by atoms with van der Waals surface area (Å²) in [6.45, 7) is 0. The minimum Gasteiger partial charge on any atom is -0.480 e. The van der Waals surface area contributed by atoms with Gasteiger partial charge in [-0.05, 0) is 25.7 Å². The highest BCUT2D eigenvalue weighted by atomic mass is 16.4. The van der Waals surface area contributed by atoms with Crippen LogP contribution in [0.25, 0.3) is 0 Å². The number of amides is 1. The minimum atomic E-state index is -1.04. The van der Waals surface area contributed by atoms with Crippen molar-refractivity contribution in [1.82, 2.24) is 5.32 Å². The average molecular weight is 268 g/mol. The van der Waals surface area contributed by atoms with Crippen LogP contribution >= 0.6 is 0 Å². The van der Waals surface area contributed by atoms with Crippen LogP contribution < -0.4 is 11.1 Å². The molecule has 4 N–H and O–H groups in total. The standard InChI is InChI=1S/C14H24N2O3/c15-13(6-2-1-3-7-13)10-11(17)16-14(12(18)19)8-4-5-9-14/h1-10,15H2,(H,16,17)(H,18,19). The Bertz CT molecular complexity index is 356. The first-order valence-corrected chi connectivity index (χ1v) is 7.29. The van der Waals surface area contributed by atoms with Gasteiger partial charge in [0.15, 0.2) is 0 Å². The lowest BCUT2D eigenvalue weighted by molar-refractivity contribution is -0.147. The van der Waals surface area contributed by atoms with Gasteiger partial charge in [0.05, 0.1) is 0 Å². The highest BCUT2D eigenvalue weighted by molar-refractivity contribution is 5.87. The topological polar surface area (TPSA) is 92.4 Å². The highest BCUT2D eigenvalue weighted by Crippen LogP contribution is 2.32. The molecule has 2 aliphatic rings. The largest absolute Gasteiger partial charge is 0.480 e. The molecule has 2 saturated carbocycles. The Balaban J connectivity index is 1.94. The zero-order valence-electron chi connectivity index (χ0n) is 11.4. The normalized spacial score (nSPS) is 24.9. The smallest absolute Gasteiger partial charge is 0.329 e. The predicted molar refractivity (Wildman–Crippen MR) is 71.6 cm³/mol. The van der Waals surface area contributed by atoms with E-state index in [1.165, 1.54) is 6.42 Å². The van der Waals surface area contributed by atoms with Crippen LogP contribution in [0.5, 0.6) is 0 Å². The second-order valence-electron chi connectivity index (χ2n) is 6.24. The van der Waals surface area contributed by atoms with Crippen LogP contribution in [-0.2, 0) is 9.59 Å². The van der Waals surface area contributed by atoms with Gasteiger partial charge >= 0.3 is 5.97 Å². The number of carboxylic acid groups (broad SMARTS) is 1. The van der Waals surface area contributed by atoms with Crippen molar-refractivity contribution in [2.75, 3.05) is 0 Å². The van der Waals surface area contributed by atoms with E-state index < -0.39 is 17.0 Å². The van der Waals surface area contributed by atoms with Gasteiger partial charge in [0, 0.05) is 12.0 Å². The van der Waals surface area contributed by atoms with Crippen LogP contribution in [0, 0.1) is 0 Å². The molecule has 0 radical (unpaired) electrons. The first-order chi connectivity index (χ1) is 8.96. The fourth-order valence-corrected chi connectivity index (χ4v) is 3.43. The van der Waals surface area contributed by atoms with Crippen molar-refractivity contribution in [3.63, 3.8) is 0 Å². The van der Waals surface area contributed by atoms with E-state index in [-0.39, 0.29) is 12.3 Å². The molecule has 5 heteroatoms. The van der Waals surface area contributed by atoms with Crippen LogP contribution in [0.1, 0.15) is 64.2 Å². The van der Waals surface area contributed by atoms with Gasteiger partial charge in [-0.3, -0.25) is 4.79 Å². The number of carbonyl (C=O) groups is 2. The van der Waals surface area contributed by atoms with Crippen LogP contribution in [0.15, 0.2) is 0 Å². The van der Waals surface area contributed by atoms with E-state index in [1.54, 1.807) is 0 Å². The van der Waals surface area contributed by atoms with E-state index in [0.717, 1.165) is 38.5 Å². The van der Waals surface area contributed by atoms with E-state index in [2.05, 4.69) is 5.32 Å². The Labute approximate surface area is 113 Å². The molecule has 0 atom stereocenters. The summed E-state index contributed by atoms with van der Waals surface area (Å²) in [5.41, 5.74) is 4.78. The summed E-state index contributed by atoms with van der Waals surface area (Å²) in [5.74, 6) is -1.11. The second-order valence-corrected chi connectivity index (χ2v) is 6.24. The maximum atomic E-state index is 12.1. The van der Waals surface area contributed by atoms with E-state index in [1.807, 2.05) is 0 Å². The SMILES string of the molecule is NC1(CC(=O)NC2(C(=O)O)CCCC2)CCCCC1. The van der Waals surface area contributed by atoms with Crippen molar-refractivity contribution in [3.05, 3.63) is 0 Å². The Morgan fingerprint density at radius 3 is 2.05 bits per heavy atom. The molecule has 1 amide bonds. The number of rotatable bonds is 4. The van der Waals surface area contributed by atoms with Crippen molar-refractivity contribution in [3.8, 4) is 0 Å². The van der Waals surface area contributed by atoms with Crippen LogP contribution in [0.4, 0.5) is 0 Å². The molecule has 2 aliphatic carbocycles. The van der Waals surface area contributed by atoms with E-state index in [4.69, 9.17) is 5.73 Å². The molecular formula is C14H24N2O3. The number of carboxylic acids is 1. The molecule has 0 aromatic carbocycles. The maximum Gasteiger partial charge on any atom is 0.329 e. The van der Waals surface area contributed by atoms with Gasteiger partial charge in [0.1, 0.15) is 5.54 Å². The molecule has 2 rings (SSSR count). The number of nitrogens with one attached hydrogen (secondary N) is 1. The van der Waals surface area contributed by atoms with Crippen molar-refractivity contribution >= 4 is 11.9 Å². The fraction of sp³-hybridized carbons (Fsp3) is 0.857. The third-order valence-corrected chi connectivity index (χ3v) is 4.61. The van der Waals surface area contributed by atoms with E-state index >= 15 is 0 Å². The monoisotopic (exact) mass is 268 g/mol. The van der Waals surface area contributed by atoms with Crippen molar-refractivity contribution in [2.24, 2.45) is 5.73 Å². The number of hydrogen-bond donors (Lipinski definition) is 3. The molecule has 19 heavy (non-hydrogen) atoms. The summed E-state index contributed by atoms with van der Waals surface area (Å²) in [6.07, 6.45) is 8.07. The lowest BCUT2D eigenvalue weighted by atomic mass is 9.80. The number of hydrogen-bond acceptors (Lipinski definition) is 3. The zero-order valence-corrected chi connectivity index (χ0v) is 11.4. The number of aliphatic carboxylic acids is 1. The van der Waals surface area contributed by atoms with Gasteiger partial charge < -0.3 is 16.2 Å². The summed E-state index contributed by atoms with van der Waals surface area (Å²) < 4.78 is 0. The van der Waals surface area contributed by atoms with Crippen molar-refractivity contribution in [1.29, 1.82) is 0 Å². The third kappa shape index (κ3) is 3.26. The minimum absolute atomic E-state index is 0.200. The second kappa shape index (κ2) is 5.49. The molecule has 0 aromatic heterocycles. The Morgan fingerprint density at radius 2 is 1.53 bits per heavy atom. The van der Waals surface area contributed by atoms with Gasteiger partial charge in [-0.25, -0.2) is 4.79 Å². The summed E-state index contributed by atoms with van der Waals surface area (Å²) in [6, 6.07) is 0. The number of nitrogens with two attached hydrogens (primary N) is 1. The zero-order chi connectivity index (χ0) is 13.9. The molecule has 2 fully saturated rings. The van der Waals surface area contributed by atoms with Crippen molar-refractivity contribution in [2.45, 2.75) is 75.3 Å². The lowest BCUT2D eigenvalue weighted by Crippen LogP contribution is -2.55. The van der Waals surface area contributed by atoms with E-state index in [0.29, 0.717) is 12.8 Å². The van der Waals surface area contributed by atoms with Gasteiger partial charge in [0.25, 0.3) is 0 Å². The first-order valence-electron chi connectivity index (χ1n) is 7.29. The molecule has 0 heterocycles. The summed E-state index contributed by atoms with van der Waals surface area (Å²) in [4.78, 5) is 23.5. The van der Waals surface area contributed by atoms with Crippen LogP contribution in [-0.4, -0.2) is 28.1 Å². The van der Waals surface area contributed by atoms with Crippen LogP contribution in [0.3, 0.4) is 0 Å². The molecule has 0 saturated heterocycles. The predicted octanol–water partition coefficient (Wildman–Crippen LogP) is 1.55. The lowest BCUT2D eigenvalue weighted by Gasteiger charge is -2.34. The molecular weight excluding hydrogens is 244 g/mol. The van der Waals surface area contributed by atoms with Gasteiger partial charge in [-0.2, -0.15) is 0 Å². The molecule has 5 nitrogen and oxygen atoms in total. The Kier molecular flexibility index (Phi) is 4.13. The summed E-state index contributed by atoms with van der Waals surface area (Å²) >= 11 is 0. The van der Waals surface area contributed by atoms with Crippen molar-refractivity contribution < 1.29 is 14.7 Å². The Hall–Kier alpha value is -1.10. The molecule has 0 unspecified atom stereocenters. The summed E-state index contributed by atoms with van der Waals surface area (Å²) in [5, 5.41) is 12.1. The molecule has 0 aliphatic heterocycles. The molecule has 0 spiro atoms. The highest BCUT2D eigenvalue weighted by Gasteiger charge is 2.43. The van der Waals surface area contributed by atoms with E-state index in [9.17, 15) is 14.7 Å². The third-order valence-electron chi connectivity index (χ3n) is 4.61. The molecule has 0 aromatic rings. The van der Waals surface area contributed by atoms with Crippen LogP contribution in [0.2, 0.25) is 0 Å². The molecule has 108 valence electrons. The average Bonchev–Trinajstić information content (AvgIpc) is 2.78. The van der Waals surface area contributed by atoms with Gasteiger partial charge in [0.2, 0.25) is 5.91 Å². The molecule has 0 bridgehead atoms. The van der Waals surface area contributed by atoms with Gasteiger partial charge in [-0.15, -0.1) is 0 Å². The summed E-state index contributed by atoms with van der Waals surface area (Å²) in [7, 11) is 0. The fourth-order valence-electron chi connectivity index (χ4n) is 3.43. The first kappa shape index (κ1) is 14.3.